The van der Waals surface area contributed by atoms with E-state index in [-0.39, 0.29) is 5.91 Å². The minimum Gasteiger partial charge on any atom is -0.394 e. The van der Waals surface area contributed by atoms with Crippen molar-refractivity contribution in [1.82, 2.24) is 5.32 Å². The van der Waals surface area contributed by atoms with E-state index in [0.29, 0.717) is 0 Å². The Kier molecular flexibility index (Phi) is 4.00. The first-order chi connectivity index (χ1) is 6.97. The van der Waals surface area contributed by atoms with Crippen LogP contribution in [0.2, 0.25) is 0 Å². The summed E-state index contributed by atoms with van der Waals surface area (Å²) >= 11 is 0. The van der Waals surface area contributed by atoms with Gasteiger partial charge in [-0.2, -0.15) is 0 Å². The molecule has 0 radical (unpaired) electrons. The Bertz CT molecular complexity index is 235. The standard InChI is InChI=1S/C8H16N2O5/c1-3(12)10-8-5(9)7(14)6(13)4(2-11)15-8/h4-8,11,13-14H,2,9H2,1H3,(H,10,12). The summed E-state index contributed by atoms with van der Waals surface area (Å²) in [4.78, 5) is 10.8. The number of hydrogen-bond donors (Lipinski definition) is 5. The van der Waals surface area contributed by atoms with Crippen molar-refractivity contribution in [2.45, 2.75) is 37.5 Å². The van der Waals surface area contributed by atoms with Crippen LogP contribution < -0.4 is 11.1 Å². The van der Waals surface area contributed by atoms with Crippen LogP contribution in [0.5, 0.6) is 0 Å². The van der Waals surface area contributed by atoms with Crippen molar-refractivity contribution in [2.75, 3.05) is 6.61 Å². The third kappa shape index (κ3) is 2.64. The van der Waals surface area contributed by atoms with Gasteiger partial charge in [0, 0.05) is 6.92 Å². The van der Waals surface area contributed by atoms with Crippen LogP contribution in [-0.2, 0) is 9.53 Å². The summed E-state index contributed by atoms with van der Waals surface area (Å²) < 4.78 is 5.12. The van der Waals surface area contributed by atoms with Crippen LogP contribution in [0.25, 0.3) is 0 Å². The third-order valence-electron chi connectivity index (χ3n) is 2.32. The fourth-order valence-corrected chi connectivity index (χ4v) is 1.47. The molecule has 1 amide bonds. The molecule has 1 aliphatic rings. The molecular weight excluding hydrogens is 204 g/mol. The van der Waals surface area contributed by atoms with Gasteiger partial charge < -0.3 is 31.1 Å². The molecule has 1 heterocycles. The molecule has 1 fully saturated rings. The molecular formula is C8H16N2O5. The second-order valence-corrected chi connectivity index (χ2v) is 3.54. The molecule has 0 aliphatic carbocycles. The quantitative estimate of drug-likeness (QED) is 0.335. The maximum atomic E-state index is 10.8. The van der Waals surface area contributed by atoms with Gasteiger partial charge in [-0.3, -0.25) is 4.79 Å². The second-order valence-electron chi connectivity index (χ2n) is 3.54. The molecule has 0 bridgehead atoms. The number of amides is 1. The highest BCUT2D eigenvalue weighted by atomic mass is 16.5. The van der Waals surface area contributed by atoms with Gasteiger partial charge in [0.05, 0.1) is 12.6 Å². The first-order valence-corrected chi connectivity index (χ1v) is 4.62. The summed E-state index contributed by atoms with van der Waals surface area (Å²) in [5.74, 6) is -0.365. The van der Waals surface area contributed by atoms with Gasteiger partial charge in [0.2, 0.25) is 5.91 Å². The van der Waals surface area contributed by atoms with Crippen LogP contribution in [0.15, 0.2) is 0 Å². The molecule has 15 heavy (non-hydrogen) atoms. The predicted octanol–water partition coefficient (Wildman–Crippen LogP) is -3.11. The van der Waals surface area contributed by atoms with E-state index in [1.165, 1.54) is 6.92 Å². The highest BCUT2D eigenvalue weighted by Gasteiger charge is 2.42. The van der Waals surface area contributed by atoms with Crippen molar-refractivity contribution < 1.29 is 24.9 Å². The smallest absolute Gasteiger partial charge is 0.218 e. The summed E-state index contributed by atoms with van der Waals surface area (Å²) in [6.07, 6.45) is -4.35. The van der Waals surface area contributed by atoms with Crippen LogP contribution >= 0.6 is 0 Å². The molecule has 0 spiro atoms. The average Bonchev–Trinajstić information content (AvgIpc) is 2.18. The first kappa shape index (κ1) is 12.3. The summed E-state index contributed by atoms with van der Waals surface area (Å²) in [7, 11) is 0. The van der Waals surface area contributed by atoms with Crippen LogP contribution in [0.4, 0.5) is 0 Å². The van der Waals surface area contributed by atoms with Crippen LogP contribution in [-0.4, -0.2) is 58.4 Å². The van der Waals surface area contributed by atoms with Crippen LogP contribution in [0, 0.1) is 0 Å². The van der Waals surface area contributed by atoms with E-state index in [4.69, 9.17) is 15.6 Å². The van der Waals surface area contributed by atoms with E-state index in [1.807, 2.05) is 0 Å². The second kappa shape index (κ2) is 4.86. The minimum atomic E-state index is -1.25. The van der Waals surface area contributed by atoms with E-state index < -0.39 is 37.2 Å². The Morgan fingerprint density at radius 1 is 1.47 bits per heavy atom. The Morgan fingerprint density at radius 3 is 2.53 bits per heavy atom. The van der Waals surface area contributed by atoms with Gasteiger partial charge >= 0.3 is 0 Å². The topological polar surface area (TPSA) is 125 Å². The number of carbonyl (C=O) groups is 1. The summed E-state index contributed by atoms with van der Waals surface area (Å²) in [5, 5.41) is 30.2. The number of aliphatic hydroxyl groups is 3. The summed E-state index contributed by atoms with van der Waals surface area (Å²) in [6, 6.07) is -0.924. The van der Waals surface area contributed by atoms with Crippen molar-refractivity contribution in [3.63, 3.8) is 0 Å². The fourth-order valence-electron chi connectivity index (χ4n) is 1.47. The van der Waals surface area contributed by atoms with E-state index in [1.54, 1.807) is 0 Å². The molecule has 1 saturated heterocycles. The summed E-state index contributed by atoms with van der Waals surface area (Å²) in [5.41, 5.74) is 5.55. The lowest BCUT2D eigenvalue weighted by Gasteiger charge is -2.40. The Hall–Kier alpha value is -0.730. The van der Waals surface area contributed by atoms with Gasteiger partial charge in [0.1, 0.15) is 24.5 Å². The molecule has 7 nitrogen and oxygen atoms in total. The number of carbonyl (C=O) groups excluding carboxylic acids is 1. The lowest BCUT2D eigenvalue weighted by molar-refractivity contribution is -0.197. The number of rotatable bonds is 2. The maximum absolute atomic E-state index is 10.8. The summed E-state index contributed by atoms with van der Waals surface area (Å²) in [6.45, 7) is 0.822. The average molecular weight is 220 g/mol. The van der Waals surface area contributed by atoms with Crippen molar-refractivity contribution in [2.24, 2.45) is 5.73 Å². The van der Waals surface area contributed by atoms with Gasteiger partial charge in [0.25, 0.3) is 0 Å². The monoisotopic (exact) mass is 220 g/mol. The predicted molar refractivity (Wildman–Crippen MR) is 49.6 cm³/mol. The molecule has 1 rings (SSSR count). The number of aliphatic hydroxyl groups excluding tert-OH is 3. The van der Waals surface area contributed by atoms with Gasteiger partial charge in [0.15, 0.2) is 0 Å². The minimum absolute atomic E-state index is 0.365. The lowest BCUT2D eigenvalue weighted by atomic mass is 9.97. The molecule has 0 aromatic carbocycles. The van der Waals surface area contributed by atoms with Crippen LogP contribution in [0.1, 0.15) is 6.92 Å². The van der Waals surface area contributed by atoms with Gasteiger partial charge in [-0.25, -0.2) is 0 Å². The zero-order valence-corrected chi connectivity index (χ0v) is 8.33. The SMILES string of the molecule is CC(=O)NC1OC(CO)C(O)C(O)C1N. The third-order valence-corrected chi connectivity index (χ3v) is 2.32. The number of nitrogens with two attached hydrogens (primary N) is 1. The molecule has 6 N–H and O–H groups in total. The number of ether oxygens (including phenoxy) is 1. The highest BCUT2D eigenvalue weighted by Crippen LogP contribution is 2.18. The number of nitrogens with one attached hydrogen (secondary N) is 1. The maximum Gasteiger partial charge on any atom is 0.218 e. The molecule has 0 saturated carbocycles. The molecule has 1 aliphatic heterocycles. The zero-order valence-electron chi connectivity index (χ0n) is 8.33. The van der Waals surface area contributed by atoms with Crippen molar-refractivity contribution in [3.8, 4) is 0 Å². The molecule has 0 aromatic heterocycles. The fraction of sp³-hybridized carbons (Fsp3) is 0.875. The van der Waals surface area contributed by atoms with Gasteiger partial charge in [-0.1, -0.05) is 0 Å². The van der Waals surface area contributed by atoms with Crippen LogP contribution in [0.3, 0.4) is 0 Å². The molecule has 88 valence electrons. The van der Waals surface area contributed by atoms with Gasteiger partial charge in [-0.05, 0) is 0 Å². The Morgan fingerprint density at radius 2 is 2.07 bits per heavy atom. The van der Waals surface area contributed by atoms with E-state index >= 15 is 0 Å². The number of hydrogen-bond acceptors (Lipinski definition) is 6. The van der Waals surface area contributed by atoms with Crippen molar-refractivity contribution in [1.29, 1.82) is 0 Å². The lowest BCUT2D eigenvalue weighted by Crippen LogP contribution is -2.66. The van der Waals surface area contributed by atoms with Crippen molar-refractivity contribution >= 4 is 5.91 Å². The molecule has 7 heteroatoms. The molecule has 0 aromatic rings. The van der Waals surface area contributed by atoms with Crippen molar-refractivity contribution in [3.05, 3.63) is 0 Å². The molecule has 5 atom stereocenters. The highest BCUT2D eigenvalue weighted by molar-refractivity contribution is 5.73. The largest absolute Gasteiger partial charge is 0.394 e. The van der Waals surface area contributed by atoms with E-state index in [2.05, 4.69) is 5.32 Å². The van der Waals surface area contributed by atoms with E-state index in [9.17, 15) is 15.0 Å². The Balaban J connectivity index is 2.69. The van der Waals surface area contributed by atoms with E-state index in [0.717, 1.165) is 0 Å². The first-order valence-electron chi connectivity index (χ1n) is 4.62. The zero-order chi connectivity index (χ0) is 11.6. The normalized spacial score (nSPS) is 41.3. The molecule has 5 unspecified atom stereocenters. The van der Waals surface area contributed by atoms with Gasteiger partial charge in [-0.15, -0.1) is 0 Å². The Labute approximate surface area is 86.8 Å².